The minimum absolute atomic E-state index is 0.0320. The largest absolute Gasteiger partial charge is 0.355 e. The number of hydrogen-bond acceptors (Lipinski definition) is 9. The van der Waals surface area contributed by atoms with E-state index in [2.05, 4.69) is 45.1 Å². The Balaban J connectivity index is 1.09. The Morgan fingerprint density at radius 2 is 0.689 bits per heavy atom. The normalized spacial score (nSPS) is 26.9. The second-order valence-electron chi connectivity index (χ2n) is 13.7. The van der Waals surface area contributed by atoms with Crippen molar-refractivity contribution in [3.8, 4) is 18.0 Å². The van der Waals surface area contributed by atoms with Crippen LogP contribution in [0.5, 0.6) is 18.0 Å². The maximum atomic E-state index is 5.87. The average Bonchev–Trinajstić information content (AvgIpc) is 3.88. The van der Waals surface area contributed by atoms with Crippen molar-refractivity contribution in [2.75, 3.05) is 19.6 Å². The van der Waals surface area contributed by atoms with E-state index < -0.39 is 0 Å². The average molecular weight is 622 g/mol. The second kappa shape index (κ2) is 14.9. The Morgan fingerprint density at radius 1 is 0.400 bits per heavy atom. The zero-order valence-electron chi connectivity index (χ0n) is 27.0. The molecule has 0 aromatic carbocycles. The van der Waals surface area contributed by atoms with Gasteiger partial charge in [0.15, 0.2) is 0 Å². The zero-order chi connectivity index (χ0) is 30.3. The third-order valence-electron chi connectivity index (χ3n) is 10.7. The molecule has 3 aliphatic carbocycles. The van der Waals surface area contributed by atoms with Crippen LogP contribution in [0.3, 0.4) is 0 Å². The molecule has 0 unspecified atom stereocenters. The zero-order valence-corrected chi connectivity index (χ0v) is 27.0. The third kappa shape index (κ3) is 7.62. The van der Waals surface area contributed by atoms with Crippen LogP contribution in [0.25, 0.3) is 0 Å². The van der Waals surface area contributed by atoms with Gasteiger partial charge in [0, 0.05) is 57.0 Å². The molecule has 45 heavy (non-hydrogen) atoms. The summed E-state index contributed by atoms with van der Waals surface area (Å²) in [5, 5.41) is 13.6. The Bertz CT molecular complexity index is 1060. The van der Waals surface area contributed by atoms with E-state index in [-0.39, 0.29) is 18.0 Å². The minimum atomic E-state index is 0.0320. The number of aromatic nitrogens is 3. The molecule has 4 heterocycles. The highest BCUT2D eigenvalue weighted by Crippen LogP contribution is 2.30. The van der Waals surface area contributed by atoms with Gasteiger partial charge in [0.25, 0.3) is 0 Å². The van der Waals surface area contributed by atoms with E-state index in [0.717, 1.165) is 75.7 Å². The number of rotatable bonds is 9. The maximum absolute atomic E-state index is 5.87. The summed E-state index contributed by atoms with van der Waals surface area (Å²) in [5.41, 5.74) is 0. The predicted octanol–water partition coefficient (Wildman–Crippen LogP) is 6.23. The van der Waals surface area contributed by atoms with Gasteiger partial charge in [-0.25, -0.2) is 0 Å². The number of nitrogens with zero attached hydrogens (tertiary/aromatic N) is 9. The molecule has 1 aromatic heterocycles. The quantitative estimate of drug-likeness (QED) is 0.296. The Morgan fingerprint density at radius 3 is 0.978 bits per heavy atom. The van der Waals surface area contributed by atoms with Crippen LogP contribution in [0.1, 0.15) is 135 Å². The van der Waals surface area contributed by atoms with E-state index in [1.165, 1.54) is 96.3 Å². The summed E-state index contributed by atoms with van der Waals surface area (Å²) >= 11 is 0. The molecule has 0 spiro atoms. The SMILES string of the molecule is C1CCC(N2CCC/C2=N/Oc2nc(O/N=C3\CCCN3C3CCCCC3)nc(O/N=C3\CCCN3C3CCCCC3)n2)CC1. The maximum Gasteiger partial charge on any atom is 0.355 e. The first-order valence-electron chi connectivity index (χ1n) is 18.1. The summed E-state index contributed by atoms with van der Waals surface area (Å²) in [6.45, 7) is 3.07. The van der Waals surface area contributed by atoms with Gasteiger partial charge in [0.05, 0.1) is 0 Å². The Labute approximate surface area is 267 Å². The lowest BCUT2D eigenvalue weighted by Gasteiger charge is -2.32. The van der Waals surface area contributed by atoms with Gasteiger partial charge in [-0.05, 0) is 57.8 Å². The highest BCUT2D eigenvalue weighted by atomic mass is 16.7. The first-order valence-corrected chi connectivity index (χ1v) is 18.1. The molecule has 3 saturated heterocycles. The van der Waals surface area contributed by atoms with Crippen LogP contribution in [0.15, 0.2) is 15.5 Å². The van der Waals surface area contributed by atoms with Gasteiger partial charge >= 0.3 is 18.0 Å². The molecule has 7 rings (SSSR count). The summed E-state index contributed by atoms with van der Waals surface area (Å²) in [6.07, 6.45) is 24.9. The van der Waals surface area contributed by atoms with E-state index >= 15 is 0 Å². The summed E-state index contributed by atoms with van der Waals surface area (Å²) in [4.78, 5) is 38.2. The van der Waals surface area contributed by atoms with Crippen LogP contribution in [-0.2, 0) is 0 Å². The van der Waals surface area contributed by atoms with Crippen LogP contribution in [0.4, 0.5) is 0 Å². The standard InChI is InChI=1S/C33H51N9O3/c1-4-13-25(14-5-1)40-22-10-19-28(40)37-43-31-34-32(44-38-29-20-11-23-41(29)26-15-6-2-7-16-26)36-33(35-31)45-39-30-21-12-24-42(30)27-17-8-3-9-18-27/h25-27H,1-24H2/b37-28-,38-29+,39-30+. The Kier molecular flexibility index (Phi) is 10.1. The van der Waals surface area contributed by atoms with Crippen molar-refractivity contribution < 1.29 is 14.5 Å². The second-order valence-corrected chi connectivity index (χ2v) is 13.7. The van der Waals surface area contributed by atoms with Crippen molar-refractivity contribution in [1.29, 1.82) is 0 Å². The van der Waals surface area contributed by atoms with E-state index in [1.807, 2.05) is 0 Å². The van der Waals surface area contributed by atoms with E-state index in [9.17, 15) is 0 Å². The van der Waals surface area contributed by atoms with Crippen molar-refractivity contribution in [2.24, 2.45) is 15.5 Å². The molecule has 0 bridgehead atoms. The lowest BCUT2D eigenvalue weighted by molar-refractivity contribution is 0.222. The molecule has 3 saturated carbocycles. The van der Waals surface area contributed by atoms with Gasteiger partial charge < -0.3 is 29.2 Å². The highest BCUT2D eigenvalue weighted by Gasteiger charge is 2.31. The highest BCUT2D eigenvalue weighted by molar-refractivity contribution is 5.85. The van der Waals surface area contributed by atoms with Gasteiger partial charge in [-0.3, -0.25) is 0 Å². The van der Waals surface area contributed by atoms with Gasteiger partial charge in [-0.1, -0.05) is 73.3 Å². The fraction of sp³-hybridized carbons (Fsp3) is 0.818. The van der Waals surface area contributed by atoms with Crippen molar-refractivity contribution in [3.63, 3.8) is 0 Å². The molecule has 3 aliphatic heterocycles. The molecule has 12 heteroatoms. The molecule has 12 nitrogen and oxygen atoms in total. The molecule has 6 aliphatic rings. The van der Waals surface area contributed by atoms with E-state index in [1.54, 1.807) is 0 Å². The minimum Gasteiger partial charge on any atom is -0.354 e. The van der Waals surface area contributed by atoms with Crippen molar-refractivity contribution >= 4 is 17.5 Å². The van der Waals surface area contributed by atoms with Gasteiger partial charge in [0.1, 0.15) is 17.5 Å². The monoisotopic (exact) mass is 621 g/mol. The van der Waals surface area contributed by atoms with Crippen LogP contribution < -0.4 is 14.5 Å². The van der Waals surface area contributed by atoms with Crippen molar-refractivity contribution in [1.82, 2.24) is 29.7 Å². The topological polar surface area (TPSA) is 113 Å². The van der Waals surface area contributed by atoms with Gasteiger partial charge in [-0.15, -0.1) is 15.0 Å². The first kappa shape index (κ1) is 30.5. The molecule has 0 atom stereocenters. The molecular formula is C33H51N9O3. The summed E-state index contributed by atoms with van der Waals surface area (Å²) in [7, 11) is 0. The smallest absolute Gasteiger partial charge is 0.354 e. The molecule has 1 aromatic rings. The summed E-state index contributed by atoms with van der Waals surface area (Å²) in [6, 6.07) is 1.73. The lowest BCUT2D eigenvalue weighted by Crippen LogP contribution is -2.38. The summed E-state index contributed by atoms with van der Waals surface area (Å²) in [5.74, 6) is 2.91. The number of oxime groups is 3. The molecule has 246 valence electrons. The van der Waals surface area contributed by atoms with Crippen LogP contribution in [-0.4, -0.2) is 84.9 Å². The van der Waals surface area contributed by atoms with Gasteiger partial charge in [0.2, 0.25) is 0 Å². The number of hydrogen-bond donors (Lipinski definition) is 0. The molecule has 0 N–H and O–H groups in total. The fourth-order valence-electron chi connectivity index (χ4n) is 8.42. The molecular weight excluding hydrogens is 570 g/mol. The Hall–Kier alpha value is -3.18. The molecule has 6 fully saturated rings. The van der Waals surface area contributed by atoms with Crippen LogP contribution in [0, 0.1) is 0 Å². The van der Waals surface area contributed by atoms with Crippen LogP contribution in [0.2, 0.25) is 0 Å². The number of likely N-dealkylation sites (tertiary alicyclic amines) is 3. The van der Waals surface area contributed by atoms with E-state index in [0.29, 0.717) is 18.1 Å². The third-order valence-corrected chi connectivity index (χ3v) is 10.7. The molecule has 0 radical (unpaired) electrons. The fourth-order valence-corrected chi connectivity index (χ4v) is 8.42. The van der Waals surface area contributed by atoms with Crippen molar-refractivity contribution in [2.45, 2.75) is 153 Å². The summed E-state index contributed by atoms with van der Waals surface area (Å²) < 4.78 is 0. The van der Waals surface area contributed by atoms with Crippen LogP contribution >= 0.6 is 0 Å². The predicted molar refractivity (Wildman–Crippen MR) is 172 cm³/mol. The lowest BCUT2D eigenvalue weighted by atomic mass is 9.94. The van der Waals surface area contributed by atoms with Gasteiger partial charge in [-0.2, -0.15) is 0 Å². The molecule has 0 amide bonds. The number of amidine groups is 3. The first-order chi connectivity index (χ1) is 22.3. The van der Waals surface area contributed by atoms with Crippen molar-refractivity contribution in [3.05, 3.63) is 0 Å². The van der Waals surface area contributed by atoms with E-state index in [4.69, 9.17) is 14.5 Å².